The Morgan fingerprint density at radius 3 is 0.854 bits per heavy atom. The van der Waals surface area contributed by atoms with Crippen molar-refractivity contribution in [3.05, 3.63) is 103 Å². The Bertz CT molecular complexity index is 1360. The number of hydrogen-bond donors (Lipinski definition) is 0. The van der Waals surface area contributed by atoms with E-state index in [1.54, 1.807) is 66.8 Å². The zero-order valence-electron chi connectivity index (χ0n) is 25.2. The fraction of sp³-hybridized carbons (Fsp3) is 0.526. The molecule has 0 fully saturated rings. The lowest BCUT2D eigenvalue weighted by molar-refractivity contribution is 0.0540. The van der Waals surface area contributed by atoms with E-state index in [1.165, 1.54) is 73.0 Å². The third kappa shape index (κ3) is 2.67. The zero-order valence-corrected chi connectivity index (χ0v) is 27.6. The lowest BCUT2D eigenvalue weighted by Gasteiger charge is -2.53. The third-order valence-corrected chi connectivity index (χ3v) is 15.8. The van der Waals surface area contributed by atoms with Crippen LogP contribution in [0.15, 0.2) is 36.4 Å². The summed E-state index contributed by atoms with van der Waals surface area (Å²) in [5.41, 5.74) is 20.6. The standard InChI is InChI=1S/C38H42S3/c1-5-8-36-29-11-23-17-39-19-25(23)13-31(29)37(9-6-2)33-15-27-21-41-22-28(27)16-34(33)38(10-7-3,35(36,37)4)32-14-26-20-40-18-24(26)12-30(32)36/h11-16H,5-10,17-22H2,1-4H3. The van der Waals surface area contributed by atoms with E-state index in [2.05, 4.69) is 99.4 Å². The molecule has 3 heterocycles. The number of benzene rings is 3. The van der Waals surface area contributed by atoms with Gasteiger partial charge in [-0.05, 0) is 86.0 Å². The van der Waals surface area contributed by atoms with Crippen LogP contribution in [0.1, 0.15) is 133 Å². The van der Waals surface area contributed by atoms with Gasteiger partial charge in [0.05, 0.1) is 0 Å². The van der Waals surface area contributed by atoms with Gasteiger partial charge >= 0.3 is 0 Å². The summed E-state index contributed by atoms with van der Waals surface area (Å²) in [4.78, 5) is 0. The van der Waals surface area contributed by atoms with Gasteiger partial charge in [-0.15, -0.1) is 0 Å². The number of thioether (sulfide) groups is 3. The second-order valence-corrected chi connectivity index (χ2v) is 17.0. The van der Waals surface area contributed by atoms with Crippen LogP contribution in [-0.4, -0.2) is 0 Å². The first-order valence-electron chi connectivity index (χ1n) is 16.2. The van der Waals surface area contributed by atoms with Crippen molar-refractivity contribution in [2.45, 2.75) is 117 Å². The quantitative estimate of drug-likeness (QED) is 0.279. The van der Waals surface area contributed by atoms with Crippen LogP contribution in [0.4, 0.5) is 0 Å². The summed E-state index contributed by atoms with van der Waals surface area (Å²) < 4.78 is 0. The van der Waals surface area contributed by atoms with Crippen molar-refractivity contribution in [1.82, 2.24) is 0 Å². The first kappa shape index (κ1) is 26.1. The van der Waals surface area contributed by atoms with Crippen LogP contribution in [0.3, 0.4) is 0 Å². The molecule has 0 amide bonds. The van der Waals surface area contributed by atoms with Gasteiger partial charge in [-0.1, -0.05) is 83.4 Å². The fourth-order valence-electron chi connectivity index (χ4n) is 11.6. The van der Waals surface area contributed by atoms with E-state index in [9.17, 15) is 0 Å². The van der Waals surface area contributed by atoms with Crippen molar-refractivity contribution in [2.75, 3.05) is 0 Å². The van der Waals surface area contributed by atoms with Crippen LogP contribution >= 0.6 is 35.3 Å². The predicted molar refractivity (Wildman–Crippen MR) is 179 cm³/mol. The highest BCUT2D eigenvalue weighted by Crippen LogP contribution is 2.85. The van der Waals surface area contributed by atoms with Gasteiger partial charge in [-0.3, -0.25) is 0 Å². The normalized spacial score (nSPS) is 32.5. The molecular formula is C38H42S3. The van der Waals surface area contributed by atoms with E-state index in [1.807, 2.05) is 0 Å². The molecule has 0 radical (unpaired) electrons. The smallest absolute Gasteiger partial charge is 0.0286 e. The third-order valence-electron chi connectivity index (χ3n) is 12.8. The summed E-state index contributed by atoms with van der Waals surface area (Å²) in [5, 5.41) is 0. The molecule has 3 aromatic carbocycles. The largest absolute Gasteiger partial charge is 0.152 e. The number of fused-ring (bicyclic) bond motifs is 12. The summed E-state index contributed by atoms with van der Waals surface area (Å²) in [5.74, 6) is 7.15. The molecule has 0 N–H and O–H groups in total. The van der Waals surface area contributed by atoms with E-state index in [0.29, 0.717) is 0 Å². The van der Waals surface area contributed by atoms with E-state index < -0.39 is 0 Å². The van der Waals surface area contributed by atoms with Crippen molar-refractivity contribution >= 4 is 35.3 Å². The molecule has 9 rings (SSSR count). The first-order chi connectivity index (χ1) is 20.0. The van der Waals surface area contributed by atoms with Crippen molar-refractivity contribution in [2.24, 2.45) is 5.41 Å². The van der Waals surface area contributed by atoms with Gasteiger partial charge in [0, 0.05) is 56.2 Å². The van der Waals surface area contributed by atoms with E-state index in [4.69, 9.17) is 0 Å². The molecule has 0 saturated carbocycles. The van der Waals surface area contributed by atoms with Crippen molar-refractivity contribution in [1.29, 1.82) is 0 Å². The minimum Gasteiger partial charge on any atom is -0.152 e. The summed E-state index contributed by atoms with van der Waals surface area (Å²) in [6.07, 6.45) is 7.51. The van der Waals surface area contributed by atoms with Crippen LogP contribution in [-0.2, 0) is 50.8 Å². The Balaban J connectivity index is 1.52. The summed E-state index contributed by atoms with van der Waals surface area (Å²) in [6, 6.07) is 16.7. The molecule has 0 bridgehead atoms. The molecule has 3 aromatic rings. The SMILES string of the molecule is CCCC12c3cc4c(cc3C3(CCC)c5cc6c(cc5C(CCC)(c5cc7c(cc51)CSC7)C23C)CSC6)CSC4. The number of rotatable bonds is 6. The zero-order chi connectivity index (χ0) is 27.8. The maximum absolute atomic E-state index is 2.84. The molecule has 6 aliphatic rings. The van der Waals surface area contributed by atoms with Gasteiger partial charge in [0.2, 0.25) is 0 Å². The van der Waals surface area contributed by atoms with Crippen molar-refractivity contribution < 1.29 is 0 Å². The van der Waals surface area contributed by atoms with Crippen molar-refractivity contribution in [3.63, 3.8) is 0 Å². The minimum absolute atomic E-state index is 0.0690. The van der Waals surface area contributed by atoms with Crippen LogP contribution in [0.25, 0.3) is 0 Å². The van der Waals surface area contributed by atoms with Gasteiger partial charge in [-0.2, -0.15) is 35.3 Å². The summed E-state index contributed by atoms with van der Waals surface area (Å²) in [6.45, 7) is 10.2. The Morgan fingerprint density at radius 2 is 0.659 bits per heavy atom. The summed E-state index contributed by atoms with van der Waals surface area (Å²) >= 11 is 6.39. The summed E-state index contributed by atoms with van der Waals surface area (Å²) in [7, 11) is 0. The Hall–Kier alpha value is -1.29. The maximum Gasteiger partial charge on any atom is 0.0286 e. The average Bonchev–Trinajstić information content (AvgIpc) is 3.79. The molecular weight excluding hydrogens is 553 g/mol. The lowest BCUT2D eigenvalue weighted by Crippen LogP contribution is -2.54. The minimum atomic E-state index is 0.0690. The Labute approximate surface area is 259 Å². The fourth-order valence-corrected chi connectivity index (χ4v) is 14.9. The number of hydrogen-bond acceptors (Lipinski definition) is 3. The lowest BCUT2D eigenvalue weighted by atomic mass is 9.48. The predicted octanol–water partition coefficient (Wildman–Crippen LogP) is 10.5. The van der Waals surface area contributed by atoms with Gasteiger partial charge in [0.1, 0.15) is 0 Å². The molecule has 3 aliphatic heterocycles. The molecule has 0 spiro atoms. The topological polar surface area (TPSA) is 0 Å². The molecule has 0 nitrogen and oxygen atoms in total. The van der Waals surface area contributed by atoms with Gasteiger partial charge < -0.3 is 0 Å². The van der Waals surface area contributed by atoms with E-state index in [-0.39, 0.29) is 21.7 Å². The highest BCUT2D eigenvalue weighted by molar-refractivity contribution is 7.98. The maximum atomic E-state index is 2.84. The van der Waals surface area contributed by atoms with Gasteiger partial charge in [0.15, 0.2) is 0 Å². The highest BCUT2D eigenvalue weighted by atomic mass is 32.2. The van der Waals surface area contributed by atoms with Crippen LogP contribution in [0.2, 0.25) is 0 Å². The van der Waals surface area contributed by atoms with E-state index >= 15 is 0 Å². The molecule has 0 unspecified atom stereocenters. The first-order valence-corrected chi connectivity index (χ1v) is 19.7. The van der Waals surface area contributed by atoms with Gasteiger partial charge in [0.25, 0.3) is 0 Å². The molecule has 0 saturated heterocycles. The molecule has 0 atom stereocenters. The van der Waals surface area contributed by atoms with Gasteiger partial charge in [-0.25, -0.2) is 0 Å². The van der Waals surface area contributed by atoms with E-state index in [0.717, 1.165) is 0 Å². The Kier molecular flexibility index (Phi) is 5.52. The van der Waals surface area contributed by atoms with Crippen molar-refractivity contribution in [3.8, 4) is 0 Å². The second-order valence-electron chi connectivity index (χ2n) is 14.1. The monoisotopic (exact) mass is 594 g/mol. The van der Waals surface area contributed by atoms with Crippen LogP contribution in [0, 0.1) is 5.41 Å². The van der Waals surface area contributed by atoms with Crippen LogP contribution in [0.5, 0.6) is 0 Å². The molecule has 41 heavy (non-hydrogen) atoms. The molecule has 3 heteroatoms. The average molecular weight is 595 g/mol. The molecule has 0 aromatic heterocycles. The molecule has 3 aliphatic carbocycles. The molecule has 212 valence electrons. The van der Waals surface area contributed by atoms with Crippen LogP contribution < -0.4 is 0 Å². The second kappa shape index (κ2) is 8.66. The highest BCUT2D eigenvalue weighted by Gasteiger charge is 2.82. The Morgan fingerprint density at radius 1 is 0.439 bits per heavy atom.